The number of nitrogens with one attached hydrogen (secondary N) is 7. The van der Waals surface area contributed by atoms with Gasteiger partial charge in [-0.25, -0.2) is 9.59 Å². The third-order valence-electron chi connectivity index (χ3n) is 19.4. The van der Waals surface area contributed by atoms with Crippen molar-refractivity contribution in [3.63, 3.8) is 0 Å². The van der Waals surface area contributed by atoms with Crippen molar-refractivity contribution >= 4 is 70.7 Å². The van der Waals surface area contributed by atoms with E-state index in [1.165, 1.54) is 54.6 Å². The van der Waals surface area contributed by atoms with Gasteiger partial charge in [-0.15, -0.1) is 0 Å². The van der Waals surface area contributed by atoms with Gasteiger partial charge in [-0.3, -0.25) is 33.7 Å². The lowest BCUT2D eigenvalue weighted by Gasteiger charge is -2.31. The number of carboxylic acids is 1. The Kier molecular flexibility index (Phi) is 25.1. The minimum Gasteiger partial charge on any atom is -0.508 e. The van der Waals surface area contributed by atoms with Crippen LogP contribution in [0.25, 0.3) is 11.1 Å². The molecule has 13 rings (SSSR count). The Balaban J connectivity index is 1.09. The number of nitrogens with zero attached hydrogens (tertiary/aromatic N) is 1. The Hall–Kier alpha value is -11.2. The number of phenolic OH excluding ortho intramolecular Hbond substituents is 6. The number of hydrogen-bond acceptors (Lipinski definition) is 20. The van der Waals surface area contributed by atoms with E-state index in [0.717, 1.165) is 132 Å². The number of halogens is 2. The number of benzene rings is 7. The average molecular weight is 1550 g/mol. The average Bonchev–Trinajstić information content (AvgIpc) is 0.753. The van der Waals surface area contributed by atoms with Gasteiger partial charge in [0.2, 0.25) is 41.2 Å². The van der Waals surface area contributed by atoms with Gasteiger partial charge in [0, 0.05) is 35.7 Å². The molecular weight excluding hydrogens is 1460 g/mol. The number of aliphatic carboxylic acids is 1. The molecular formula is C80H88Cl2N8O20. The SMILES string of the molecule is CCCCCCCCN(CCCCCCCC)Cc1c(O)cc2c(c1O)-c1cc(ccc1O)[C@@H]1NC(=O)[C@H]3NC(=O)[C@H]4NC(=O)[C@H](Cc5ccc(c(Cl)c5)Oc5cc3cc(c5O)Oc3ccc(cc3Cl)C(O)[C@H](NC1=O)C(=O)N[C@@H]2C(=O)O)NC(=O)[C@@H](NC(=O)OC(C)(C)C)c1ccc(O)c(c1)Oc1cc(O)cc4c1. The molecule has 110 heavy (non-hydrogen) atoms. The fraction of sp³-hybridized carbons (Fsp3) is 0.375. The Bertz CT molecular complexity index is 4690. The summed E-state index contributed by atoms with van der Waals surface area (Å²) < 4.78 is 24.3. The van der Waals surface area contributed by atoms with Crippen molar-refractivity contribution < 1.29 is 98.2 Å². The van der Waals surface area contributed by atoms with Crippen molar-refractivity contribution in [2.75, 3.05) is 13.1 Å². The summed E-state index contributed by atoms with van der Waals surface area (Å²) in [6, 6.07) is 6.95. The van der Waals surface area contributed by atoms with Crippen LogP contribution in [0.5, 0.6) is 69.0 Å². The highest BCUT2D eigenvalue weighted by atomic mass is 35.5. The highest BCUT2D eigenvalue weighted by molar-refractivity contribution is 6.32. The zero-order valence-corrected chi connectivity index (χ0v) is 62.5. The molecule has 7 aromatic carbocycles. The lowest BCUT2D eigenvalue weighted by molar-refractivity contribution is -0.143. The van der Waals surface area contributed by atoms with Gasteiger partial charge in [-0.05, 0) is 159 Å². The topological polar surface area (TPSA) is 423 Å². The molecule has 0 aromatic heterocycles. The van der Waals surface area contributed by atoms with E-state index in [0.29, 0.717) is 13.1 Å². The van der Waals surface area contributed by atoms with Gasteiger partial charge in [-0.1, -0.05) is 126 Å². The van der Waals surface area contributed by atoms with Crippen molar-refractivity contribution in [2.45, 2.75) is 179 Å². The number of carboxylic acid groups (broad SMARTS) is 1. The highest BCUT2D eigenvalue weighted by Crippen LogP contribution is 2.50. The molecule has 6 aliphatic heterocycles. The molecule has 15 N–H and O–H groups in total. The fourth-order valence-corrected chi connectivity index (χ4v) is 14.2. The van der Waals surface area contributed by atoms with Gasteiger partial charge in [-0.2, -0.15) is 0 Å². The molecule has 0 spiro atoms. The van der Waals surface area contributed by atoms with E-state index >= 15 is 24.0 Å². The zero-order chi connectivity index (χ0) is 79.0. The standard InChI is InChI=1S/C80H88Cl2N8O20/c1-6-8-10-12-14-16-26-90(27-17-15-13-11-9-7-2)39-50-56(94)38-49-62(70(50)96)48-32-41(19-22-54(48)92)63-74(100)88-68(77(103)87-67(49)78(104)105)69(95)43-21-25-58(52(82)33-43)109-61-36-45-35-60(71(61)97)108-57-24-18-40(28-51(57)81)29-53-72(98)84-65(75(101)86-66(45)76(102)85-63)44-30-46(91)37-47(31-44)107-59-34-42(20-23-55(59)93)64(73(99)83-53)89-79(106)110-80(3,4)5/h18-25,28,30-38,53,63-69,91-97H,6-17,26-27,29,39H2,1-5H3,(H,83,99)(H,84,98)(H,85,102)(H,86,101)(H,87,103)(H,88,100)(H,89,106)(H,104,105)/t53-,63-,64-,65-,66-,67-,68-,69?/m0/s1. The monoisotopic (exact) mass is 1550 g/mol. The number of rotatable bonds is 18. The van der Waals surface area contributed by atoms with Gasteiger partial charge in [0.25, 0.3) is 0 Å². The van der Waals surface area contributed by atoms with Crippen LogP contribution in [-0.2, 0) is 51.3 Å². The van der Waals surface area contributed by atoms with E-state index in [4.69, 9.17) is 42.1 Å². The Morgan fingerprint density at radius 1 is 0.527 bits per heavy atom. The molecule has 0 aliphatic carbocycles. The summed E-state index contributed by atoms with van der Waals surface area (Å²) in [6.45, 7) is 9.98. The molecule has 30 heteroatoms. The molecule has 28 nitrogen and oxygen atoms in total. The number of aliphatic hydroxyl groups excluding tert-OH is 1. The minimum absolute atomic E-state index is 0.00608. The first-order valence-corrected chi connectivity index (χ1v) is 37.2. The first-order valence-electron chi connectivity index (χ1n) is 36.5. The predicted octanol–water partition coefficient (Wildman–Crippen LogP) is 12.1. The maximum Gasteiger partial charge on any atom is 0.408 e. The molecule has 0 radical (unpaired) electrons. The molecule has 6 aliphatic rings. The summed E-state index contributed by atoms with van der Waals surface area (Å²) in [5, 5.41) is 113. The van der Waals surface area contributed by atoms with Gasteiger partial charge in [0.1, 0.15) is 88.2 Å². The van der Waals surface area contributed by atoms with Crippen molar-refractivity contribution in [1.29, 1.82) is 0 Å². The molecule has 7 amide bonds. The number of carbonyl (C=O) groups excluding carboxylic acids is 7. The van der Waals surface area contributed by atoms with Crippen LogP contribution in [0.2, 0.25) is 10.0 Å². The van der Waals surface area contributed by atoms with Crippen LogP contribution >= 0.6 is 23.2 Å². The van der Waals surface area contributed by atoms with Crippen LogP contribution in [0.3, 0.4) is 0 Å². The quantitative estimate of drug-likeness (QED) is 0.0355. The number of carbonyl (C=O) groups is 8. The van der Waals surface area contributed by atoms with Gasteiger partial charge in [0.05, 0.1) is 15.6 Å². The van der Waals surface area contributed by atoms with Crippen molar-refractivity contribution in [2.24, 2.45) is 0 Å². The Labute approximate surface area is 643 Å². The third-order valence-corrected chi connectivity index (χ3v) is 20.0. The largest absolute Gasteiger partial charge is 0.508 e. The zero-order valence-electron chi connectivity index (χ0n) is 61.0. The smallest absolute Gasteiger partial charge is 0.408 e. The highest BCUT2D eigenvalue weighted by Gasteiger charge is 2.42. The fourth-order valence-electron chi connectivity index (χ4n) is 13.7. The summed E-state index contributed by atoms with van der Waals surface area (Å²) in [5.41, 5.74) is -3.33. The van der Waals surface area contributed by atoms with E-state index in [1.54, 1.807) is 20.8 Å². The number of fused-ring (bicyclic) bond motifs is 14. The number of alkyl carbamates (subject to hydrolysis) is 1. The van der Waals surface area contributed by atoms with Crippen LogP contribution in [0.1, 0.15) is 192 Å². The third kappa shape index (κ3) is 18.7. The van der Waals surface area contributed by atoms with E-state index in [9.17, 15) is 55.2 Å². The van der Waals surface area contributed by atoms with Crippen LogP contribution in [0, 0.1) is 0 Å². The van der Waals surface area contributed by atoms with Gasteiger partial charge >= 0.3 is 12.1 Å². The lowest BCUT2D eigenvalue weighted by Crippen LogP contribution is -2.55. The van der Waals surface area contributed by atoms with Gasteiger partial charge in [0.15, 0.2) is 29.0 Å². The first-order chi connectivity index (χ1) is 52.4. The van der Waals surface area contributed by atoms with Crippen molar-refractivity contribution in [3.8, 4) is 80.1 Å². The molecule has 582 valence electrons. The molecule has 1 unspecified atom stereocenters. The van der Waals surface area contributed by atoms with E-state index in [2.05, 4.69) is 56.0 Å². The molecule has 6 heterocycles. The Morgan fingerprint density at radius 3 is 1.70 bits per heavy atom. The normalized spacial score (nSPS) is 19.9. The molecule has 17 bridgehead atoms. The van der Waals surface area contributed by atoms with Crippen molar-refractivity contribution in [3.05, 3.63) is 164 Å². The molecule has 7 aromatic rings. The molecule has 0 saturated heterocycles. The van der Waals surface area contributed by atoms with Crippen LogP contribution in [0.4, 0.5) is 4.79 Å². The maximum atomic E-state index is 16.2. The van der Waals surface area contributed by atoms with Crippen molar-refractivity contribution in [1.82, 2.24) is 42.1 Å². The Morgan fingerprint density at radius 2 is 1.08 bits per heavy atom. The summed E-state index contributed by atoms with van der Waals surface area (Å²) in [7, 11) is 0. The minimum atomic E-state index is -2.24. The number of ether oxygens (including phenoxy) is 4. The summed E-state index contributed by atoms with van der Waals surface area (Å²) in [6.07, 6.45) is 7.94. The maximum absolute atomic E-state index is 16.2. The lowest BCUT2D eigenvalue weighted by atomic mass is 9.87. The van der Waals surface area contributed by atoms with E-state index in [-0.39, 0.29) is 84.1 Å². The predicted molar refractivity (Wildman–Crippen MR) is 402 cm³/mol. The molecule has 0 saturated carbocycles. The van der Waals surface area contributed by atoms with Crippen LogP contribution in [0.15, 0.2) is 109 Å². The summed E-state index contributed by atoms with van der Waals surface area (Å²) >= 11 is 14.0. The van der Waals surface area contributed by atoms with E-state index < -0.39 is 165 Å². The number of aliphatic hydroxyl groups is 1. The van der Waals surface area contributed by atoms with Gasteiger partial charge < -0.3 is 97.0 Å². The second-order valence-electron chi connectivity index (χ2n) is 28.8. The summed E-state index contributed by atoms with van der Waals surface area (Å²) in [5.74, 6) is -15.3. The summed E-state index contributed by atoms with van der Waals surface area (Å²) in [4.78, 5) is 123. The number of amides is 7. The second kappa shape index (κ2) is 34.6. The number of unbranched alkanes of at least 4 members (excludes halogenated alkanes) is 10. The first kappa shape index (κ1) is 79.8. The van der Waals surface area contributed by atoms with E-state index in [1.807, 2.05) is 0 Å². The molecule has 8 atom stereocenters. The second-order valence-corrected chi connectivity index (χ2v) is 29.6. The van der Waals surface area contributed by atoms with Crippen LogP contribution in [-0.4, -0.2) is 124 Å². The molecule has 0 fully saturated rings. The number of phenols is 6. The number of hydrogen-bond donors (Lipinski definition) is 15. The van der Waals surface area contributed by atoms with Crippen LogP contribution < -0.4 is 51.4 Å². The number of aromatic hydroxyl groups is 6.